The van der Waals surface area contributed by atoms with Crippen molar-refractivity contribution in [1.29, 1.82) is 0 Å². The summed E-state index contributed by atoms with van der Waals surface area (Å²) in [7, 11) is 0.475. The smallest absolute Gasteiger partial charge is 0.121 e. The minimum Gasteiger partial charge on any atom is -0.307 e. The molecule has 0 unspecified atom stereocenters. The molecule has 0 bridgehead atoms. The first-order chi connectivity index (χ1) is 11.7. The van der Waals surface area contributed by atoms with Crippen LogP contribution >= 0.6 is 11.6 Å². The third kappa shape index (κ3) is 2.69. The van der Waals surface area contributed by atoms with Crippen LogP contribution in [-0.4, -0.2) is 33.1 Å². The van der Waals surface area contributed by atoms with Crippen molar-refractivity contribution >= 4 is 40.8 Å². The van der Waals surface area contributed by atoms with E-state index in [0.29, 0.717) is 0 Å². The van der Waals surface area contributed by atoms with Gasteiger partial charge in [-0.05, 0) is 60.3 Å². The quantitative estimate of drug-likeness (QED) is 0.631. The molecule has 4 rings (SSSR count). The van der Waals surface area contributed by atoms with Gasteiger partial charge in [-0.25, -0.2) is 0 Å². The van der Waals surface area contributed by atoms with E-state index in [-0.39, 0.29) is 0 Å². The minimum absolute atomic E-state index is 0.828. The molecule has 1 aliphatic heterocycles. The van der Waals surface area contributed by atoms with E-state index in [2.05, 4.69) is 78.7 Å². The van der Waals surface area contributed by atoms with E-state index in [1.807, 2.05) is 0 Å². The van der Waals surface area contributed by atoms with Crippen LogP contribution in [0.4, 0.5) is 0 Å². The number of nitrogens with zero attached hydrogens (tertiary/aromatic N) is 1. The zero-order valence-corrected chi connectivity index (χ0v) is 15.8. The number of hydrogen-bond donors (Lipinski definition) is 0. The van der Waals surface area contributed by atoms with Crippen LogP contribution in [0.1, 0.15) is 0 Å². The average Bonchev–Trinajstić information content (AvgIpc) is 2.63. The average molecular weight is 352 g/mol. The van der Waals surface area contributed by atoms with Crippen molar-refractivity contribution in [3.05, 3.63) is 71.8 Å². The minimum atomic E-state index is -1.76. The molecule has 0 atom stereocenters. The van der Waals surface area contributed by atoms with E-state index < -0.39 is 8.07 Å². The lowest BCUT2D eigenvalue weighted by atomic mass is 10.1. The van der Waals surface area contributed by atoms with Gasteiger partial charge < -0.3 is 4.90 Å². The van der Waals surface area contributed by atoms with Crippen molar-refractivity contribution in [3.63, 3.8) is 0 Å². The summed E-state index contributed by atoms with van der Waals surface area (Å²) in [5.41, 5.74) is 0. The van der Waals surface area contributed by atoms with Crippen LogP contribution in [-0.2, 0) is 0 Å². The van der Waals surface area contributed by atoms with Crippen LogP contribution in [0.25, 0.3) is 10.8 Å². The van der Waals surface area contributed by atoms with Crippen LogP contribution in [0.2, 0.25) is 17.1 Å². The van der Waals surface area contributed by atoms with Gasteiger partial charge in [0, 0.05) is 5.02 Å². The molecule has 1 nitrogen and oxygen atoms in total. The van der Waals surface area contributed by atoms with Crippen molar-refractivity contribution in [2.24, 2.45) is 0 Å². The van der Waals surface area contributed by atoms with Crippen LogP contribution in [0.15, 0.2) is 66.7 Å². The van der Waals surface area contributed by atoms with E-state index in [9.17, 15) is 0 Å². The molecule has 0 aliphatic carbocycles. The Morgan fingerprint density at radius 1 is 0.833 bits per heavy atom. The van der Waals surface area contributed by atoms with Gasteiger partial charge in [0.25, 0.3) is 0 Å². The predicted molar refractivity (Wildman–Crippen MR) is 108 cm³/mol. The predicted octanol–water partition coefficient (Wildman–Crippen LogP) is 4.00. The number of halogens is 1. The molecule has 3 aromatic carbocycles. The normalized spacial score (nSPS) is 17.9. The summed E-state index contributed by atoms with van der Waals surface area (Å²) in [6, 6.07) is 26.9. The summed E-state index contributed by atoms with van der Waals surface area (Å²) < 4.78 is 0. The molecule has 122 valence electrons. The first-order valence-corrected chi connectivity index (χ1v) is 11.4. The molecule has 0 spiro atoms. The Morgan fingerprint density at radius 2 is 1.50 bits per heavy atom. The molecule has 0 saturated carbocycles. The molecular weight excluding hydrogens is 330 g/mol. The fraction of sp³-hybridized carbons (Fsp3) is 0.238. The van der Waals surface area contributed by atoms with Gasteiger partial charge in [0.05, 0.1) is 0 Å². The van der Waals surface area contributed by atoms with E-state index >= 15 is 0 Å². The summed E-state index contributed by atoms with van der Waals surface area (Å²) in [6.07, 6.45) is 0. The Hall–Kier alpha value is -1.61. The second kappa shape index (κ2) is 6.36. The maximum atomic E-state index is 6.17. The molecular formula is C21H22ClNSi. The van der Waals surface area contributed by atoms with Gasteiger partial charge in [-0.15, -0.1) is 0 Å². The molecule has 0 aromatic heterocycles. The van der Waals surface area contributed by atoms with E-state index in [1.165, 1.54) is 41.1 Å². The molecule has 1 fully saturated rings. The van der Waals surface area contributed by atoms with E-state index in [4.69, 9.17) is 11.6 Å². The van der Waals surface area contributed by atoms with Gasteiger partial charge in [-0.2, -0.15) is 0 Å². The highest BCUT2D eigenvalue weighted by atomic mass is 35.5. The lowest BCUT2D eigenvalue weighted by Crippen LogP contribution is -2.63. The largest absolute Gasteiger partial charge is 0.307 e. The van der Waals surface area contributed by atoms with Crippen molar-refractivity contribution in [1.82, 2.24) is 4.90 Å². The van der Waals surface area contributed by atoms with Gasteiger partial charge in [0.1, 0.15) is 8.07 Å². The van der Waals surface area contributed by atoms with Gasteiger partial charge in [0.15, 0.2) is 0 Å². The molecule has 1 saturated heterocycles. The highest BCUT2D eigenvalue weighted by Crippen LogP contribution is 2.26. The summed E-state index contributed by atoms with van der Waals surface area (Å²) in [5, 5.41) is 6.74. The lowest BCUT2D eigenvalue weighted by Gasteiger charge is -2.40. The van der Waals surface area contributed by atoms with Crippen LogP contribution in [0.5, 0.6) is 0 Å². The molecule has 3 heteroatoms. The number of rotatable bonds is 2. The van der Waals surface area contributed by atoms with Gasteiger partial charge in [0.2, 0.25) is 0 Å². The summed E-state index contributed by atoms with van der Waals surface area (Å²) in [5.74, 6) is 0. The Bertz CT molecular complexity index is 846. The number of benzene rings is 3. The Labute approximate surface area is 149 Å². The molecule has 24 heavy (non-hydrogen) atoms. The zero-order valence-electron chi connectivity index (χ0n) is 14.0. The highest BCUT2D eigenvalue weighted by Gasteiger charge is 2.40. The van der Waals surface area contributed by atoms with Gasteiger partial charge in [-0.1, -0.05) is 71.4 Å². The van der Waals surface area contributed by atoms with E-state index in [1.54, 1.807) is 5.19 Å². The lowest BCUT2D eigenvalue weighted by molar-refractivity contribution is 0.357. The zero-order chi connectivity index (χ0) is 16.6. The van der Waals surface area contributed by atoms with Crippen LogP contribution in [0.3, 0.4) is 0 Å². The highest BCUT2D eigenvalue weighted by molar-refractivity contribution is 7.03. The SMILES string of the molecule is CN1CC[Si](c2ccc(Cl)cc2)(c2cccc3ccccc23)CC1. The second-order valence-electron chi connectivity index (χ2n) is 6.92. The Kier molecular flexibility index (Phi) is 4.21. The summed E-state index contributed by atoms with van der Waals surface area (Å²) >= 11 is 6.17. The first kappa shape index (κ1) is 15.9. The number of fused-ring (bicyclic) bond motifs is 1. The summed E-state index contributed by atoms with van der Waals surface area (Å²) in [6.45, 7) is 2.36. The summed E-state index contributed by atoms with van der Waals surface area (Å²) in [4.78, 5) is 2.46. The second-order valence-corrected chi connectivity index (χ2v) is 11.6. The third-order valence-corrected chi connectivity index (χ3v) is 10.9. The Morgan fingerprint density at radius 3 is 2.25 bits per heavy atom. The van der Waals surface area contributed by atoms with Crippen molar-refractivity contribution in [2.45, 2.75) is 12.1 Å². The fourth-order valence-corrected chi connectivity index (χ4v) is 9.42. The number of hydrogen-bond acceptors (Lipinski definition) is 1. The molecule has 0 radical (unpaired) electrons. The Balaban J connectivity index is 1.94. The maximum Gasteiger partial charge on any atom is 0.121 e. The molecule has 1 aliphatic rings. The van der Waals surface area contributed by atoms with Crippen molar-refractivity contribution in [2.75, 3.05) is 20.1 Å². The maximum absolute atomic E-state index is 6.17. The topological polar surface area (TPSA) is 3.24 Å². The molecule has 1 heterocycles. The van der Waals surface area contributed by atoms with Crippen LogP contribution < -0.4 is 10.4 Å². The third-order valence-electron chi connectivity index (χ3n) is 5.54. The molecule has 3 aromatic rings. The molecule has 0 N–H and O–H groups in total. The van der Waals surface area contributed by atoms with Gasteiger partial charge in [-0.3, -0.25) is 0 Å². The molecule has 0 amide bonds. The van der Waals surface area contributed by atoms with Crippen molar-refractivity contribution in [3.8, 4) is 0 Å². The van der Waals surface area contributed by atoms with E-state index in [0.717, 1.165) is 5.02 Å². The van der Waals surface area contributed by atoms with Gasteiger partial charge >= 0.3 is 0 Å². The van der Waals surface area contributed by atoms with Crippen LogP contribution in [0, 0.1) is 0 Å². The standard InChI is InChI=1S/C21H22ClNSi/c1-23-13-15-24(16-14-23,19-11-9-18(22)10-12-19)21-8-4-6-17-5-2-3-7-20(17)21/h2-12H,13-16H2,1H3. The monoisotopic (exact) mass is 351 g/mol. The van der Waals surface area contributed by atoms with Crippen molar-refractivity contribution < 1.29 is 0 Å². The first-order valence-electron chi connectivity index (χ1n) is 8.62. The fourth-order valence-electron chi connectivity index (χ4n) is 4.13.